The molecule has 2 rings (SSSR count). The van der Waals surface area contributed by atoms with Crippen molar-refractivity contribution in [2.45, 2.75) is 31.3 Å². The van der Waals surface area contributed by atoms with Gasteiger partial charge in [0.25, 0.3) is 0 Å². The van der Waals surface area contributed by atoms with Crippen molar-refractivity contribution in [1.82, 2.24) is 5.32 Å². The smallest absolute Gasteiger partial charge is 0.338 e. The third-order valence-corrected chi connectivity index (χ3v) is 3.54. The monoisotopic (exact) mass is 253 g/mol. The molecule has 0 aliphatic heterocycles. The summed E-state index contributed by atoms with van der Waals surface area (Å²) in [4.78, 5) is 10.7. The number of aliphatic hydroxyl groups excluding tert-OH is 1. The first-order valence-electron chi connectivity index (χ1n) is 5.94. The van der Waals surface area contributed by atoms with Crippen molar-refractivity contribution in [3.8, 4) is 0 Å². The second kappa shape index (κ2) is 5.04. The molecule has 0 aromatic heterocycles. The number of halogens is 1. The van der Waals surface area contributed by atoms with Crippen LogP contribution in [0, 0.1) is 5.82 Å². The highest BCUT2D eigenvalue weighted by atomic mass is 19.1. The maximum absolute atomic E-state index is 13.4. The zero-order chi connectivity index (χ0) is 13.2. The van der Waals surface area contributed by atoms with Crippen molar-refractivity contribution >= 4 is 5.97 Å². The first kappa shape index (κ1) is 13.0. The van der Waals surface area contributed by atoms with Crippen LogP contribution >= 0.6 is 0 Å². The van der Waals surface area contributed by atoms with Crippen LogP contribution in [-0.4, -0.2) is 28.3 Å². The standard InChI is InChI=1S/C13H16FNO3/c14-11-6-9(2-3-10(11)12(17)18)7-15-13(8-16)4-1-5-13/h2-3,6,15-16H,1,4-5,7-8H2,(H,17,18). The van der Waals surface area contributed by atoms with Gasteiger partial charge in [-0.1, -0.05) is 6.07 Å². The van der Waals surface area contributed by atoms with E-state index in [4.69, 9.17) is 5.11 Å². The molecule has 0 bridgehead atoms. The van der Waals surface area contributed by atoms with Gasteiger partial charge in [-0.05, 0) is 37.0 Å². The van der Waals surface area contributed by atoms with Gasteiger partial charge in [0.1, 0.15) is 5.82 Å². The van der Waals surface area contributed by atoms with E-state index in [1.165, 1.54) is 12.1 Å². The molecule has 0 heterocycles. The Bertz CT molecular complexity index is 452. The second-order valence-corrected chi connectivity index (χ2v) is 4.76. The number of aliphatic hydroxyl groups is 1. The Morgan fingerprint density at radius 1 is 1.44 bits per heavy atom. The van der Waals surface area contributed by atoms with E-state index in [1.807, 2.05) is 0 Å². The average molecular weight is 253 g/mol. The van der Waals surface area contributed by atoms with Gasteiger partial charge in [-0.2, -0.15) is 0 Å². The average Bonchev–Trinajstić information content (AvgIpc) is 2.27. The molecule has 5 heteroatoms. The first-order valence-corrected chi connectivity index (χ1v) is 5.94. The molecular formula is C13H16FNO3. The van der Waals surface area contributed by atoms with Crippen molar-refractivity contribution in [2.75, 3.05) is 6.61 Å². The van der Waals surface area contributed by atoms with Gasteiger partial charge < -0.3 is 15.5 Å². The van der Waals surface area contributed by atoms with E-state index in [0.29, 0.717) is 12.1 Å². The molecule has 0 saturated heterocycles. The van der Waals surface area contributed by atoms with Crippen molar-refractivity contribution < 1.29 is 19.4 Å². The number of carbonyl (C=O) groups is 1. The summed E-state index contributed by atoms with van der Waals surface area (Å²) < 4.78 is 13.4. The Balaban J connectivity index is 2.02. The van der Waals surface area contributed by atoms with Crippen molar-refractivity contribution in [2.24, 2.45) is 0 Å². The number of hydrogen-bond acceptors (Lipinski definition) is 3. The molecule has 4 nitrogen and oxygen atoms in total. The highest BCUT2D eigenvalue weighted by Crippen LogP contribution is 2.31. The van der Waals surface area contributed by atoms with Crippen molar-refractivity contribution in [3.05, 3.63) is 35.1 Å². The van der Waals surface area contributed by atoms with E-state index < -0.39 is 11.8 Å². The number of aromatic carboxylic acids is 1. The number of hydrogen-bond donors (Lipinski definition) is 3. The van der Waals surface area contributed by atoms with Gasteiger partial charge in [-0.15, -0.1) is 0 Å². The summed E-state index contributed by atoms with van der Waals surface area (Å²) in [5, 5.41) is 21.2. The molecule has 0 spiro atoms. The third kappa shape index (κ3) is 2.52. The molecule has 1 saturated carbocycles. The topological polar surface area (TPSA) is 69.6 Å². The molecule has 1 aliphatic rings. The molecule has 0 unspecified atom stereocenters. The van der Waals surface area contributed by atoms with Crippen molar-refractivity contribution in [1.29, 1.82) is 0 Å². The Hall–Kier alpha value is -1.46. The van der Waals surface area contributed by atoms with Gasteiger partial charge in [-0.25, -0.2) is 9.18 Å². The maximum Gasteiger partial charge on any atom is 0.338 e. The fraction of sp³-hybridized carbons (Fsp3) is 0.462. The second-order valence-electron chi connectivity index (χ2n) is 4.76. The van der Waals surface area contributed by atoms with E-state index in [0.717, 1.165) is 19.3 Å². The molecule has 1 fully saturated rings. The minimum atomic E-state index is -1.27. The predicted octanol–water partition coefficient (Wildman–Crippen LogP) is 1.53. The van der Waals surface area contributed by atoms with Crippen LogP contribution in [0.4, 0.5) is 4.39 Å². The Kier molecular flexibility index (Phi) is 3.63. The Morgan fingerprint density at radius 2 is 2.17 bits per heavy atom. The molecule has 1 aromatic rings. The first-order chi connectivity index (χ1) is 8.56. The zero-order valence-corrected chi connectivity index (χ0v) is 9.95. The number of carboxylic acid groups (broad SMARTS) is 1. The number of rotatable bonds is 5. The van der Waals surface area contributed by atoms with Crippen LogP contribution in [0.3, 0.4) is 0 Å². The van der Waals surface area contributed by atoms with E-state index in [-0.39, 0.29) is 17.7 Å². The molecule has 0 amide bonds. The molecule has 3 N–H and O–H groups in total. The summed E-state index contributed by atoms with van der Waals surface area (Å²) in [7, 11) is 0. The lowest BCUT2D eigenvalue weighted by atomic mass is 9.77. The fourth-order valence-corrected chi connectivity index (χ4v) is 2.13. The minimum Gasteiger partial charge on any atom is -0.478 e. The molecule has 0 atom stereocenters. The quantitative estimate of drug-likeness (QED) is 0.744. The van der Waals surface area contributed by atoms with Gasteiger partial charge in [0.2, 0.25) is 0 Å². The van der Waals surface area contributed by atoms with E-state index >= 15 is 0 Å². The number of carboxylic acids is 1. The highest BCUT2D eigenvalue weighted by Gasteiger charge is 2.35. The van der Waals surface area contributed by atoms with Gasteiger partial charge in [-0.3, -0.25) is 0 Å². The van der Waals surface area contributed by atoms with Crippen LogP contribution in [-0.2, 0) is 6.54 Å². The van der Waals surface area contributed by atoms with E-state index in [9.17, 15) is 14.3 Å². The van der Waals surface area contributed by atoms with Gasteiger partial charge >= 0.3 is 5.97 Å². The SMILES string of the molecule is O=C(O)c1ccc(CNC2(CO)CCC2)cc1F. The number of nitrogens with one attached hydrogen (secondary N) is 1. The van der Waals surface area contributed by atoms with Crippen LogP contribution in [0.15, 0.2) is 18.2 Å². The summed E-state index contributed by atoms with van der Waals surface area (Å²) in [5.74, 6) is -1.99. The number of benzene rings is 1. The summed E-state index contributed by atoms with van der Waals surface area (Å²) in [6, 6.07) is 4.07. The lowest BCUT2D eigenvalue weighted by Gasteiger charge is -2.41. The maximum atomic E-state index is 13.4. The van der Waals surface area contributed by atoms with Gasteiger partial charge in [0.05, 0.1) is 12.2 Å². The van der Waals surface area contributed by atoms with Crippen LogP contribution in [0.2, 0.25) is 0 Å². The highest BCUT2D eigenvalue weighted by molar-refractivity contribution is 5.87. The van der Waals surface area contributed by atoms with Gasteiger partial charge in [0.15, 0.2) is 0 Å². The lowest BCUT2D eigenvalue weighted by Crippen LogP contribution is -2.53. The van der Waals surface area contributed by atoms with E-state index in [1.54, 1.807) is 6.07 Å². The van der Waals surface area contributed by atoms with Crippen LogP contribution < -0.4 is 5.32 Å². The fourth-order valence-electron chi connectivity index (χ4n) is 2.13. The van der Waals surface area contributed by atoms with Crippen LogP contribution in [0.1, 0.15) is 35.2 Å². The molecular weight excluding hydrogens is 237 g/mol. The summed E-state index contributed by atoms with van der Waals surface area (Å²) in [6.07, 6.45) is 2.91. The minimum absolute atomic E-state index is 0.0721. The molecule has 18 heavy (non-hydrogen) atoms. The Morgan fingerprint density at radius 3 is 2.61 bits per heavy atom. The lowest BCUT2D eigenvalue weighted by molar-refractivity contribution is 0.0692. The Labute approximate surface area is 104 Å². The largest absolute Gasteiger partial charge is 0.478 e. The van der Waals surface area contributed by atoms with Crippen LogP contribution in [0.5, 0.6) is 0 Å². The summed E-state index contributed by atoms with van der Waals surface area (Å²) >= 11 is 0. The molecule has 1 aliphatic carbocycles. The third-order valence-electron chi connectivity index (χ3n) is 3.54. The predicted molar refractivity (Wildman–Crippen MR) is 63.9 cm³/mol. The van der Waals surface area contributed by atoms with E-state index in [2.05, 4.69) is 5.32 Å². The normalized spacial score (nSPS) is 17.2. The van der Waals surface area contributed by atoms with Crippen LogP contribution in [0.25, 0.3) is 0 Å². The van der Waals surface area contributed by atoms with Crippen molar-refractivity contribution in [3.63, 3.8) is 0 Å². The molecule has 98 valence electrons. The summed E-state index contributed by atoms with van der Waals surface area (Å²) in [5.41, 5.74) is 0.124. The summed E-state index contributed by atoms with van der Waals surface area (Å²) in [6.45, 7) is 0.500. The van der Waals surface area contributed by atoms with Gasteiger partial charge in [0, 0.05) is 12.1 Å². The molecule has 1 aromatic carbocycles. The zero-order valence-electron chi connectivity index (χ0n) is 9.95. The molecule has 0 radical (unpaired) electrons.